The van der Waals surface area contributed by atoms with Gasteiger partial charge in [0.1, 0.15) is 0 Å². The fourth-order valence-electron chi connectivity index (χ4n) is 3.85. The summed E-state index contributed by atoms with van der Waals surface area (Å²) in [5.74, 6) is -1.68. The van der Waals surface area contributed by atoms with Gasteiger partial charge < -0.3 is 19.2 Å². The van der Waals surface area contributed by atoms with Crippen LogP contribution in [0.4, 0.5) is 0 Å². The van der Waals surface area contributed by atoms with E-state index in [0.717, 1.165) is 5.56 Å². The van der Waals surface area contributed by atoms with Crippen LogP contribution in [0.5, 0.6) is 0 Å². The van der Waals surface area contributed by atoms with E-state index < -0.39 is 20.3 Å². The third-order valence-corrected chi connectivity index (χ3v) is 11.3. The molecule has 7 nitrogen and oxygen atoms in total. The third kappa shape index (κ3) is 4.55. The van der Waals surface area contributed by atoms with Gasteiger partial charge in [0, 0.05) is 0 Å². The standard InChI is InChI=1S/C23H35NO6Si/c1-12-11-15(13(2)17(22(27)29-8)16(12)21(26)28-7)19-18(20(25)24-19)14(3)30-31(9,10)23(4,5)6/h11,14,18-19H,1-10H3,(H,24,25)/t14-,18-,19-/m1/s1. The third-order valence-electron chi connectivity index (χ3n) is 6.69. The number of methoxy groups -OCH3 is 2. The Labute approximate surface area is 186 Å². The Morgan fingerprint density at radius 2 is 1.58 bits per heavy atom. The molecule has 0 aromatic heterocycles. The fourth-order valence-corrected chi connectivity index (χ4v) is 5.28. The number of amides is 1. The van der Waals surface area contributed by atoms with E-state index in [1.54, 1.807) is 13.8 Å². The normalized spacial score (nSPS) is 19.9. The van der Waals surface area contributed by atoms with Crippen LogP contribution in [0.3, 0.4) is 0 Å². The Hall–Kier alpha value is -2.19. The molecule has 1 aromatic rings. The van der Waals surface area contributed by atoms with Gasteiger partial charge in [-0.2, -0.15) is 0 Å². The van der Waals surface area contributed by atoms with E-state index >= 15 is 0 Å². The minimum atomic E-state index is -2.08. The largest absolute Gasteiger partial charge is 0.465 e. The lowest BCUT2D eigenvalue weighted by molar-refractivity contribution is -0.140. The number of β-lactam (4-membered cyclic amide) rings is 1. The molecule has 1 N–H and O–H groups in total. The minimum Gasteiger partial charge on any atom is -0.465 e. The molecule has 1 saturated heterocycles. The number of aryl methyl sites for hydroxylation is 1. The fraction of sp³-hybridized carbons (Fsp3) is 0.609. The molecule has 0 unspecified atom stereocenters. The first-order valence-electron chi connectivity index (χ1n) is 10.5. The number of ether oxygens (including phenoxy) is 2. The summed E-state index contributed by atoms with van der Waals surface area (Å²) in [7, 11) is 0.467. The summed E-state index contributed by atoms with van der Waals surface area (Å²) < 4.78 is 16.3. The maximum atomic E-state index is 12.6. The Bertz CT molecular complexity index is 902. The average molecular weight is 450 g/mol. The molecule has 0 bridgehead atoms. The van der Waals surface area contributed by atoms with Gasteiger partial charge in [0.15, 0.2) is 8.32 Å². The predicted octanol–water partition coefficient (Wildman–Crippen LogP) is 4.07. The summed E-state index contributed by atoms with van der Waals surface area (Å²) >= 11 is 0. The molecule has 0 aliphatic carbocycles. The SMILES string of the molecule is COC(=O)c1c(C)cc([C@H]2NC(=O)[C@@H]2[C@@H](C)O[Si](C)(C)C(C)(C)C)c(C)c1C(=O)OC. The summed E-state index contributed by atoms with van der Waals surface area (Å²) in [6, 6.07) is 1.52. The topological polar surface area (TPSA) is 90.9 Å². The van der Waals surface area contributed by atoms with Crippen molar-refractivity contribution in [2.75, 3.05) is 14.2 Å². The Kier molecular flexibility index (Phi) is 7.07. The smallest absolute Gasteiger partial charge is 0.339 e. The summed E-state index contributed by atoms with van der Waals surface area (Å²) in [5.41, 5.74) is 2.31. The first-order valence-corrected chi connectivity index (χ1v) is 13.4. The van der Waals surface area contributed by atoms with Gasteiger partial charge in [-0.05, 0) is 55.6 Å². The van der Waals surface area contributed by atoms with Crippen molar-refractivity contribution in [1.82, 2.24) is 5.32 Å². The van der Waals surface area contributed by atoms with Crippen LogP contribution in [-0.4, -0.2) is 46.5 Å². The van der Waals surface area contributed by atoms with Crippen molar-refractivity contribution in [2.24, 2.45) is 5.92 Å². The van der Waals surface area contributed by atoms with Crippen LogP contribution in [0, 0.1) is 19.8 Å². The quantitative estimate of drug-likeness (QED) is 0.400. The number of nitrogens with one attached hydrogen (secondary N) is 1. The summed E-state index contributed by atoms with van der Waals surface area (Å²) in [5, 5.41) is 2.98. The van der Waals surface area contributed by atoms with Crippen LogP contribution in [0.15, 0.2) is 6.07 Å². The lowest BCUT2D eigenvalue weighted by atomic mass is 9.78. The van der Waals surface area contributed by atoms with Gasteiger partial charge >= 0.3 is 11.9 Å². The summed E-state index contributed by atoms with van der Waals surface area (Å²) in [4.78, 5) is 37.4. The lowest BCUT2D eigenvalue weighted by Crippen LogP contribution is -2.59. The number of hydrogen-bond donors (Lipinski definition) is 1. The van der Waals surface area contributed by atoms with Crippen molar-refractivity contribution >= 4 is 26.2 Å². The van der Waals surface area contributed by atoms with Gasteiger partial charge in [-0.15, -0.1) is 0 Å². The maximum Gasteiger partial charge on any atom is 0.339 e. The number of esters is 2. The molecule has 0 saturated carbocycles. The number of rotatable bonds is 6. The molecule has 8 heteroatoms. The van der Waals surface area contributed by atoms with Crippen LogP contribution < -0.4 is 5.32 Å². The van der Waals surface area contributed by atoms with Crippen LogP contribution in [0.25, 0.3) is 0 Å². The molecule has 1 aromatic carbocycles. The molecule has 172 valence electrons. The van der Waals surface area contributed by atoms with Crippen molar-refractivity contribution in [3.63, 3.8) is 0 Å². The second kappa shape index (κ2) is 8.74. The van der Waals surface area contributed by atoms with Crippen LogP contribution in [0.2, 0.25) is 18.1 Å². The van der Waals surface area contributed by atoms with E-state index in [4.69, 9.17) is 13.9 Å². The van der Waals surface area contributed by atoms with Gasteiger partial charge in [0.2, 0.25) is 5.91 Å². The molecule has 2 rings (SSSR count). The monoisotopic (exact) mass is 449 g/mol. The van der Waals surface area contributed by atoms with Crippen LogP contribution in [0.1, 0.15) is 71.1 Å². The highest BCUT2D eigenvalue weighted by atomic mass is 28.4. The number of carbonyl (C=O) groups excluding carboxylic acids is 3. The zero-order valence-corrected chi connectivity index (χ0v) is 21.3. The molecular weight excluding hydrogens is 414 g/mol. The molecule has 1 fully saturated rings. The first kappa shape index (κ1) is 25.1. The second-order valence-corrected chi connectivity index (χ2v) is 14.5. The van der Waals surface area contributed by atoms with Gasteiger partial charge in [0.25, 0.3) is 0 Å². The molecular formula is C23H35NO6Si. The van der Waals surface area contributed by atoms with Gasteiger partial charge in [0.05, 0.1) is 43.4 Å². The molecule has 3 atom stereocenters. The Morgan fingerprint density at radius 1 is 1.06 bits per heavy atom. The second-order valence-electron chi connectivity index (χ2n) is 9.74. The highest BCUT2D eigenvalue weighted by molar-refractivity contribution is 6.74. The molecule has 0 spiro atoms. The predicted molar refractivity (Wildman–Crippen MR) is 121 cm³/mol. The van der Waals surface area contributed by atoms with E-state index in [2.05, 4.69) is 39.2 Å². The van der Waals surface area contributed by atoms with Crippen molar-refractivity contribution in [3.8, 4) is 0 Å². The molecule has 1 aliphatic heterocycles. The highest BCUT2D eigenvalue weighted by Crippen LogP contribution is 2.42. The Morgan fingerprint density at radius 3 is 2.03 bits per heavy atom. The molecule has 1 heterocycles. The number of carbonyl (C=O) groups is 3. The van der Waals surface area contributed by atoms with E-state index in [1.807, 2.05) is 13.0 Å². The molecule has 1 aliphatic rings. The molecule has 1 amide bonds. The zero-order valence-electron chi connectivity index (χ0n) is 20.3. The van der Waals surface area contributed by atoms with Gasteiger partial charge in [-0.3, -0.25) is 4.79 Å². The molecule has 0 radical (unpaired) electrons. The van der Waals surface area contributed by atoms with Crippen LogP contribution in [-0.2, 0) is 18.7 Å². The van der Waals surface area contributed by atoms with Crippen LogP contribution >= 0.6 is 0 Å². The van der Waals surface area contributed by atoms with Gasteiger partial charge in [-0.25, -0.2) is 9.59 Å². The number of benzene rings is 1. The summed E-state index contributed by atoms with van der Waals surface area (Å²) in [6.45, 7) is 16.2. The van der Waals surface area contributed by atoms with Crippen molar-refractivity contribution < 1.29 is 28.3 Å². The number of hydrogen-bond acceptors (Lipinski definition) is 6. The molecule has 31 heavy (non-hydrogen) atoms. The maximum absolute atomic E-state index is 12.6. The van der Waals surface area contributed by atoms with Crippen molar-refractivity contribution in [3.05, 3.63) is 33.9 Å². The van der Waals surface area contributed by atoms with Crippen molar-refractivity contribution in [2.45, 2.75) is 71.8 Å². The zero-order chi connectivity index (χ0) is 23.9. The summed E-state index contributed by atoms with van der Waals surface area (Å²) in [6.07, 6.45) is -0.291. The van der Waals surface area contributed by atoms with E-state index in [1.165, 1.54) is 14.2 Å². The minimum absolute atomic E-state index is 0.0176. The average Bonchev–Trinajstić information content (AvgIpc) is 2.64. The lowest BCUT2D eigenvalue weighted by Gasteiger charge is -2.46. The first-order chi connectivity index (χ1) is 14.2. The van der Waals surface area contributed by atoms with E-state index in [-0.39, 0.29) is 40.1 Å². The van der Waals surface area contributed by atoms with Crippen molar-refractivity contribution in [1.29, 1.82) is 0 Å². The van der Waals surface area contributed by atoms with Gasteiger partial charge in [-0.1, -0.05) is 26.8 Å². The highest BCUT2D eigenvalue weighted by Gasteiger charge is 2.48. The van der Waals surface area contributed by atoms with E-state index in [9.17, 15) is 14.4 Å². The Balaban J connectivity index is 2.51. The van der Waals surface area contributed by atoms with E-state index in [0.29, 0.717) is 11.1 Å².